The molecule has 2 aromatic heterocycles. The van der Waals surface area contributed by atoms with Crippen LogP contribution < -0.4 is 0 Å². The van der Waals surface area contributed by atoms with Crippen LogP contribution in [0.2, 0.25) is 0 Å². The van der Waals surface area contributed by atoms with Gasteiger partial charge in [0.1, 0.15) is 6.61 Å². The standard InChI is InChI=1S/C15H13BrN4O2/c1-9-7-10(2)20-15(17-9)18-13(19-20)14(21)22-8-11-5-3-4-6-12(11)16/h3-7H,8H2,1-2H3. The van der Waals surface area contributed by atoms with Crippen LogP contribution >= 0.6 is 15.9 Å². The van der Waals surface area contributed by atoms with Gasteiger partial charge >= 0.3 is 5.97 Å². The lowest BCUT2D eigenvalue weighted by Gasteiger charge is -2.04. The van der Waals surface area contributed by atoms with Crippen LogP contribution in [0.25, 0.3) is 5.78 Å². The van der Waals surface area contributed by atoms with E-state index in [0.29, 0.717) is 5.78 Å². The van der Waals surface area contributed by atoms with Gasteiger partial charge in [0, 0.05) is 21.4 Å². The van der Waals surface area contributed by atoms with E-state index < -0.39 is 5.97 Å². The van der Waals surface area contributed by atoms with Crippen molar-refractivity contribution in [3.8, 4) is 0 Å². The van der Waals surface area contributed by atoms with Gasteiger partial charge in [0.25, 0.3) is 11.6 Å². The Morgan fingerprint density at radius 3 is 2.82 bits per heavy atom. The summed E-state index contributed by atoms with van der Waals surface area (Å²) in [6, 6.07) is 9.42. The van der Waals surface area contributed by atoms with Gasteiger partial charge in [-0.25, -0.2) is 14.3 Å². The molecule has 3 aromatic rings. The van der Waals surface area contributed by atoms with Crippen molar-refractivity contribution in [1.29, 1.82) is 0 Å². The lowest BCUT2D eigenvalue weighted by Crippen LogP contribution is -2.08. The highest BCUT2D eigenvalue weighted by Gasteiger charge is 2.16. The topological polar surface area (TPSA) is 69.4 Å². The first kappa shape index (κ1) is 14.6. The number of carbonyl (C=O) groups is 1. The summed E-state index contributed by atoms with van der Waals surface area (Å²) < 4.78 is 7.68. The van der Waals surface area contributed by atoms with Crippen LogP contribution in [-0.2, 0) is 11.3 Å². The van der Waals surface area contributed by atoms with Crippen molar-refractivity contribution in [3.05, 3.63) is 57.6 Å². The van der Waals surface area contributed by atoms with Crippen molar-refractivity contribution >= 4 is 27.7 Å². The van der Waals surface area contributed by atoms with E-state index in [9.17, 15) is 4.79 Å². The number of fused-ring (bicyclic) bond motifs is 1. The second-order valence-electron chi connectivity index (χ2n) is 4.85. The largest absolute Gasteiger partial charge is 0.455 e. The molecule has 0 radical (unpaired) electrons. The van der Waals surface area contributed by atoms with Gasteiger partial charge in [-0.15, -0.1) is 5.10 Å². The van der Waals surface area contributed by atoms with Gasteiger partial charge in [-0.2, -0.15) is 4.98 Å². The molecule has 0 fully saturated rings. The van der Waals surface area contributed by atoms with Gasteiger partial charge in [-0.3, -0.25) is 0 Å². The summed E-state index contributed by atoms with van der Waals surface area (Å²) in [5.41, 5.74) is 2.56. The summed E-state index contributed by atoms with van der Waals surface area (Å²) in [7, 11) is 0. The zero-order valence-electron chi connectivity index (χ0n) is 12.1. The molecule has 112 valence electrons. The van der Waals surface area contributed by atoms with Crippen LogP contribution in [0.15, 0.2) is 34.8 Å². The van der Waals surface area contributed by atoms with E-state index in [0.717, 1.165) is 21.4 Å². The third kappa shape index (κ3) is 2.85. The predicted octanol–water partition coefficient (Wildman–Crippen LogP) is 2.86. The quantitative estimate of drug-likeness (QED) is 0.671. The third-order valence-electron chi connectivity index (χ3n) is 3.12. The summed E-state index contributed by atoms with van der Waals surface area (Å²) in [5.74, 6) is -0.170. The Bertz CT molecular complexity index is 860. The normalized spacial score (nSPS) is 10.9. The fourth-order valence-corrected chi connectivity index (χ4v) is 2.48. The smallest absolute Gasteiger partial charge is 0.378 e. The SMILES string of the molecule is Cc1cc(C)n2nc(C(=O)OCc3ccccc3Br)nc2n1. The minimum Gasteiger partial charge on any atom is -0.455 e. The number of hydrogen-bond acceptors (Lipinski definition) is 5. The van der Waals surface area contributed by atoms with Gasteiger partial charge in [0.2, 0.25) is 0 Å². The molecule has 0 bridgehead atoms. The van der Waals surface area contributed by atoms with Crippen LogP contribution in [0, 0.1) is 13.8 Å². The van der Waals surface area contributed by atoms with E-state index in [1.54, 1.807) is 0 Å². The Morgan fingerprint density at radius 2 is 2.05 bits per heavy atom. The second-order valence-corrected chi connectivity index (χ2v) is 5.71. The second kappa shape index (κ2) is 5.84. The number of rotatable bonds is 3. The number of nitrogens with zero attached hydrogens (tertiary/aromatic N) is 4. The number of ether oxygens (including phenoxy) is 1. The number of aryl methyl sites for hydroxylation is 2. The van der Waals surface area contributed by atoms with Crippen LogP contribution in [-0.4, -0.2) is 25.6 Å². The van der Waals surface area contributed by atoms with Crippen molar-refractivity contribution in [1.82, 2.24) is 19.6 Å². The molecule has 0 amide bonds. The molecule has 0 saturated carbocycles. The zero-order valence-corrected chi connectivity index (χ0v) is 13.7. The molecule has 0 aliphatic heterocycles. The van der Waals surface area contributed by atoms with E-state index in [-0.39, 0.29) is 12.4 Å². The number of carbonyl (C=O) groups excluding carboxylic acids is 1. The molecule has 0 N–H and O–H groups in total. The highest BCUT2D eigenvalue weighted by molar-refractivity contribution is 9.10. The van der Waals surface area contributed by atoms with Crippen LogP contribution in [0.4, 0.5) is 0 Å². The van der Waals surface area contributed by atoms with Crippen LogP contribution in [0.1, 0.15) is 27.6 Å². The van der Waals surface area contributed by atoms with Gasteiger partial charge in [-0.05, 0) is 26.0 Å². The summed E-state index contributed by atoms with van der Waals surface area (Å²) in [5, 5.41) is 4.14. The first-order valence-corrected chi connectivity index (χ1v) is 7.45. The number of benzene rings is 1. The average Bonchev–Trinajstić information content (AvgIpc) is 2.90. The van der Waals surface area contributed by atoms with E-state index in [4.69, 9.17) is 4.74 Å². The molecular weight excluding hydrogens is 348 g/mol. The first-order chi connectivity index (χ1) is 10.5. The number of hydrogen-bond donors (Lipinski definition) is 0. The van der Waals surface area contributed by atoms with Crippen molar-refractivity contribution in [2.45, 2.75) is 20.5 Å². The lowest BCUT2D eigenvalue weighted by atomic mass is 10.2. The molecule has 22 heavy (non-hydrogen) atoms. The summed E-state index contributed by atoms with van der Waals surface area (Å²) in [6.07, 6.45) is 0. The van der Waals surface area contributed by atoms with Crippen molar-refractivity contribution in [3.63, 3.8) is 0 Å². The fraction of sp³-hybridized carbons (Fsp3) is 0.200. The van der Waals surface area contributed by atoms with Crippen LogP contribution in [0.5, 0.6) is 0 Å². The lowest BCUT2D eigenvalue weighted by molar-refractivity contribution is 0.0457. The van der Waals surface area contributed by atoms with E-state index in [1.165, 1.54) is 4.52 Å². The summed E-state index contributed by atoms with van der Waals surface area (Å²) in [4.78, 5) is 20.5. The monoisotopic (exact) mass is 360 g/mol. The molecule has 6 nitrogen and oxygen atoms in total. The molecule has 3 rings (SSSR count). The molecule has 0 unspecified atom stereocenters. The molecule has 0 saturated heterocycles. The van der Waals surface area contributed by atoms with E-state index in [1.807, 2.05) is 44.2 Å². The molecule has 0 spiro atoms. The van der Waals surface area contributed by atoms with Crippen molar-refractivity contribution < 1.29 is 9.53 Å². The highest BCUT2D eigenvalue weighted by Crippen LogP contribution is 2.17. The maximum atomic E-state index is 12.1. The number of halogens is 1. The van der Waals surface area contributed by atoms with Crippen molar-refractivity contribution in [2.75, 3.05) is 0 Å². The van der Waals surface area contributed by atoms with Gasteiger partial charge in [-0.1, -0.05) is 34.1 Å². The summed E-state index contributed by atoms with van der Waals surface area (Å²) >= 11 is 3.41. The number of esters is 1. The number of aromatic nitrogens is 4. The van der Waals surface area contributed by atoms with Gasteiger partial charge < -0.3 is 4.74 Å². The molecular formula is C15H13BrN4O2. The molecule has 1 aromatic carbocycles. The third-order valence-corrected chi connectivity index (χ3v) is 3.89. The Morgan fingerprint density at radius 1 is 1.27 bits per heavy atom. The van der Waals surface area contributed by atoms with Crippen molar-refractivity contribution in [2.24, 2.45) is 0 Å². The Kier molecular flexibility index (Phi) is 3.89. The molecule has 2 heterocycles. The van der Waals surface area contributed by atoms with Crippen LogP contribution in [0.3, 0.4) is 0 Å². The van der Waals surface area contributed by atoms with Gasteiger partial charge in [0.15, 0.2) is 0 Å². The Balaban J connectivity index is 1.81. The minimum absolute atomic E-state index is 0.00764. The Hall–Kier alpha value is -2.28. The first-order valence-electron chi connectivity index (χ1n) is 6.66. The maximum absolute atomic E-state index is 12.1. The molecule has 0 aliphatic rings. The van der Waals surface area contributed by atoms with E-state index in [2.05, 4.69) is 31.0 Å². The highest BCUT2D eigenvalue weighted by atomic mass is 79.9. The fourth-order valence-electron chi connectivity index (χ4n) is 2.08. The minimum atomic E-state index is -0.571. The predicted molar refractivity (Wildman–Crippen MR) is 83.5 cm³/mol. The maximum Gasteiger partial charge on any atom is 0.378 e. The molecule has 7 heteroatoms. The molecule has 0 atom stereocenters. The Labute approximate surface area is 135 Å². The van der Waals surface area contributed by atoms with E-state index >= 15 is 0 Å². The van der Waals surface area contributed by atoms with Gasteiger partial charge in [0.05, 0.1) is 0 Å². The molecule has 0 aliphatic carbocycles. The zero-order chi connectivity index (χ0) is 15.7. The average molecular weight is 361 g/mol. The summed E-state index contributed by atoms with van der Waals surface area (Å²) in [6.45, 7) is 3.90.